The van der Waals surface area contributed by atoms with Crippen molar-refractivity contribution >= 4 is 11.6 Å². The highest BCUT2D eigenvalue weighted by Gasteiger charge is 2.12. The molecule has 156 valence electrons. The van der Waals surface area contributed by atoms with Crippen molar-refractivity contribution in [1.82, 2.24) is 10.1 Å². The molecular weight excluding hydrogens is 394 g/mol. The number of ether oxygens (including phenoxy) is 2. The van der Waals surface area contributed by atoms with Gasteiger partial charge in [0.1, 0.15) is 11.5 Å². The molecule has 0 aliphatic rings. The van der Waals surface area contributed by atoms with Crippen LogP contribution in [0, 0.1) is 6.92 Å². The zero-order valence-corrected chi connectivity index (χ0v) is 17.2. The Balaban J connectivity index is 1.42. The van der Waals surface area contributed by atoms with E-state index in [9.17, 15) is 4.79 Å². The Hall–Kier alpha value is -4.13. The van der Waals surface area contributed by atoms with Gasteiger partial charge >= 0.3 is 0 Å². The topological polar surface area (TPSA) is 86.5 Å². The summed E-state index contributed by atoms with van der Waals surface area (Å²) in [7, 11) is 1.55. The number of nitrogens with one attached hydrogen (secondary N) is 1. The third-order valence-electron chi connectivity index (χ3n) is 4.57. The van der Waals surface area contributed by atoms with E-state index in [0.717, 1.165) is 16.7 Å². The first-order valence-corrected chi connectivity index (χ1v) is 9.69. The Morgan fingerprint density at radius 3 is 2.61 bits per heavy atom. The molecule has 4 aromatic rings. The van der Waals surface area contributed by atoms with Crippen molar-refractivity contribution in [2.24, 2.45) is 0 Å². The van der Waals surface area contributed by atoms with Gasteiger partial charge in [-0.2, -0.15) is 4.98 Å². The molecule has 0 saturated heterocycles. The van der Waals surface area contributed by atoms with Crippen LogP contribution in [-0.4, -0.2) is 29.8 Å². The minimum atomic E-state index is -0.295. The smallest absolute Gasteiger partial charge is 0.262 e. The van der Waals surface area contributed by atoms with Crippen LogP contribution in [0.15, 0.2) is 77.3 Å². The first kappa shape index (κ1) is 20.2. The van der Waals surface area contributed by atoms with Gasteiger partial charge in [-0.1, -0.05) is 47.1 Å². The van der Waals surface area contributed by atoms with Crippen LogP contribution in [-0.2, 0) is 4.79 Å². The van der Waals surface area contributed by atoms with Crippen molar-refractivity contribution in [1.29, 1.82) is 0 Å². The first-order chi connectivity index (χ1) is 15.1. The molecule has 0 fully saturated rings. The Kier molecular flexibility index (Phi) is 5.93. The minimum Gasteiger partial charge on any atom is -0.495 e. The summed E-state index contributed by atoms with van der Waals surface area (Å²) < 4.78 is 16.3. The molecule has 31 heavy (non-hydrogen) atoms. The average molecular weight is 415 g/mol. The molecule has 4 rings (SSSR count). The lowest BCUT2D eigenvalue weighted by Crippen LogP contribution is -2.20. The quantitative estimate of drug-likeness (QED) is 0.469. The highest BCUT2D eigenvalue weighted by Crippen LogP contribution is 2.26. The fourth-order valence-electron chi connectivity index (χ4n) is 2.96. The van der Waals surface area contributed by atoms with Crippen molar-refractivity contribution in [3.63, 3.8) is 0 Å². The van der Waals surface area contributed by atoms with Gasteiger partial charge in [-0.25, -0.2) is 0 Å². The molecule has 7 nitrogen and oxygen atoms in total. The molecule has 1 aromatic heterocycles. The number of carbonyl (C=O) groups is 1. The van der Waals surface area contributed by atoms with E-state index < -0.39 is 0 Å². The van der Waals surface area contributed by atoms with Crippen LogP contribution in [0.5, 0.6) is 11.5 Å². The Morgan fingerprint density at radius 2 is 1.81 bits per heavy atom. The van der Waals surface area contributed by atoms with Crippen LogP contribution in [0.2, 0.25) is 0 Å². The molecule has 0 aliphatic carbocycles. The first-order valence-electron chi connectivity index (χ1n) is 9.69. The van der Waals surface area contributed by atoms with Gasteiger partial charge in [0.25, 0.3) is 11.8 Å². The summed E-state index contributed by atoms with van der Waals surface area (Å²) in [5.74, 6) is 1.70. The molecule has 1 amide bonds. The van der Waals surface area contributed by atoms with Crippen molar-refractivity contribution in [3.05, 3.63) is 78.4 Å². The van der Waals surface area contributed by atoms with E-state index in [4.69, 9.17) is 14.0 Å². The standard InChI is InChI=1S/C24H21N3O4/c1-16-10-12-17(13-11-16)24-26-23(27-31-24)18-6-5-7-19(14-18)30-15-22(28)25-20-8-3-4-9-21(20)29-2/h3-14H,15H2,1-2H3,(H,25,28). The van der Waals surface area contributed by atoms with E-state index in [1.165, 1.54) is 0 Å². The summed E-state index contributed by atoms with van der Waals surface area (Å²) in [6.07, 6.45) is 0. The van der Waals surface area contributed by atoms with E-state index >= 15 is 0 Å². The molecule has 0 aliphatic heterocycles. The Bertz CT molecular complexity index is 1190. The van der Waals surface area contributed by atoms with Crippen molar-refractivity contribution in [2.45, 2.75) is 6.92 Å². The maximum atomic E-state index is 12.3. The monoisotopic (exact) mass is 415 g/mol. The zero-order valence-electron chi connectivity index (χ0n) is 17.2. The summed E-state index contributed by atoms with van der Waals surface area (Å²) >= 11 is 0. The molecule has 0 saturated carbocycles. The highest BCUT2D eigenvalue weighted by molar-refractivity contribution is 5.93. The second kappa shape index (κ2) is 9.13. The fourth-order valence-corrected chi connectivity index (χ4v) is 2.96. The third kappa shape index (κ3) is 4.90. The maximum absolute atomic E-state index is 12.3. The second-order valence-corrected chi connectivity index (χ2v) is 6.85. The predicted molar refractivity (Wildman–Crippen MR) is 117 cm³/mol. The van der Waals surface area contributed by atoms with E-state index in [-0.39, 0.29) is 12.5 Å². The summed E-state index contributed by atoms with van der Waals surface area (Å²) in [5.41, 5.74) is 3.32. The lowest BCUT2D eigenvalue weighted by molar-refractivity contribution is -0.118. The van der Waals surface area contributed by atoms with Crippen molar-refractivity contribution < 1.29 is 18.8 Å². The minimum absolute atomic E-state index is 0.150. The van der Waals surface area contributed by atoms with Crippen LogP contribution in [0.3, 0.4) is 0 Å². The average Bonchev–Trinajstić information content (AvgIpc) is 3.29. The number of amides is 1. The molecule has 0 radical (unpaired) electrons. The predicted octanol–water partition coefficient (Wildman–Crippen LogP) is 4.74. The van der Waals surface area contributed by atoms with Crippen molar-refractivity contribution in [2.75, 3.05) is 19.0 Å². The normalized spacial score (nSPS) is 10.5. The highest BCUT2D eigenvalue weighted by atomic mass is 16.5. The fraction of sp³-hybridized carbons (Fsp3) is 0.125. The van der Waals surface area contributed by atoms with E-state index in [1.54, 1.807) is 31.4 Å². The number of para-hydroxylation sites is 2. The van der Waals surface area contributed by atoms with Crippen LogP contribution in [0.25, 0.3) is 22.8 Å². The number of methoxy groups -OCH3 is 1. The summed E-state index contributed by atoms with van der Waals surface area (Å²) in [6, 6.07) is 22.2. The number of hydrogen-bond donors (Lipinski definition) is 1. The van der Waals surface area contributed by atoms with E-state index in [1.807, 2.05) is 55.5 Å². The van der Waals surface area contributed by atoms with Gasteiger partial charge in [0, 0.05) is 11.1 Å². The van der Waals surface area contributed by atoms with Crippen LogP contribution in [0.4, 0.5) is 5.69 Å². The second-order valence-electron chi connectivity index (χ2n) is 6.85. The van der Waals surface area contributed by atoms with Gasteiger partial charge in [0.15, 0.2) is 6.61 Å². The van der Waals surface area contributed by atoms with Gasteiger partial charge in [0.2, 0.25) is 5.82 Å². The van der Waals surface area contributed by atoms with Gasteiger partial charge in [-0.15, -0.1) is 0 Å². The number of carbonyl (C=O) groups excluding carboxylic acids is 1. The molecule has 0 bridgehead atoms. The number of rotatable bonds is 7. The molecule has 0 atom stereocenters. The zero-order chi connectivity index (χ0) is 21.6. The lowest BCUT2D eigenvalue weighted by Gasteiger charge is -2.10. The number of anilines is 1. The van der Waals surface area contributed by atoms with Gasteiger partial charge in [-0.05, 0) is 43.3 Å². The molecule has 0 unspecified atom stereocenters. The molecule has 0 spiro atoms. The van der Waals surface area contributed by atoms with Crippen molar-refractivity contribution in [3.8, 4) is 34.3 Å². The molecule has 1 N–H and O–H groups in total. The third-order valence-corrected chi connectivity index (χ3v) is 4.57. The Morgan fingerprint density at radius 1 is 1.00 bits per heavy atom. The molecular formula is C24H21N3O4. The molecule has 7 heteroatoms. The Labute approximate surface area is 179 Å². The maximum Gasteiger partial charge on any atom is 0.262 e. The number of benzene rings is 3. The lowest BCUT2D eigenvalue weighted by atomic mass is 10.1. The molecule has 3 aromatic carbocycles. The number of aryl methyl sites for hydroxylation is 1. The van der Waals surface area contributed by atoms with Crippen LogP contribution in [0.1, 0.15) is 5.56 Å². The number of aromatic nitrogens is 2. The van der Waals surface area contributed by atoms with Gasteiger partial charge in [-0.3, -0.25) is 4.79 Å². The van der Waals surface area contributed by atoms with Crippen LogP contribution < -0.4 is 14.8 Å². The SMILES string of the molecule is COc1ccccc1NC(=O)COc1cccc(-c2noc(-c3ccc(C)cc3)n2)c1. The van der Waals surface area contributed by atoms with Crippen LogP contribution >= 0.6 is 0 Å². The number of hydrogen-bond acceptors (Lipinski definition) is 6. The van der Waals surface area contributed by atoms with Gasteiger partial charge < -0.3 is 19.3 Å². The largest absolute Gasteiger partial charge is 0.495 e. The van der Waals surface area contributed by atoms with E-state index in [0.29, 0.717) is 28.9 Å². The summed E-state index contributed by atoms with van der Waals surface area (Å²) in [5, 5.41) is 6.84. The van der Waals surface area contributed by atoms with Gasteiger partial charge in [0.05, 0.1) is 12.8 Å². The number of nitrogens with zero attached hydrogens (tertiary/aromatic N) is 2. The summed E-state index contributed by atoms with van der Waals surface area (Å²) in [4.78, 5) is 16.7. The summed E-state index contributed by atoms with van der Waals surface area (Å²) in [6.45, 7) is 1.87. The van der Waals surface area contributed by atoms with E-state index in [2.05, 4.69) is 15.5 Å². The molecule has 1 heterocycles.